The number of carbonyl (C=O) groups excluding carboxylic acids is 1. The van der Waals surface area contributed by atoms with E-state index in [9.17, 15) is 4.79 Å². The standard InChI is InChI=1S/C15H15N7O/c16-7-11-8-18-14(9-17-11)20-15(23)19-13-6-12(21-22-13)10-4-2-1-3-5-10/h1-5,8-9,12-13,21-22H,6H2,(H2,18,19,20,23). The molecular weight excluding hydrogens is 294 g/mol. The molecule has 1 aliphatic rings. The van der Waals surface area contributed by atoms with Crippen LogP contribution in [0.15, 0.2) is 42.7 Å². The Balaban J connectivity index is 1.51. The topological polar surface area (TPSA) is 115 Å². The van der Waals surface area contributed by atoms with Crippen LogP contribution in [0.2, 0.25) is 0 Å². The Morgan fingerprint density at radius 1 is 1.22 bits per heavy atom. The summed E-state index contributed by atoms with van der Waals surface area (Å²) in [6.07, 6.45) is 3.16. The molecule has 2 atom stereocenters. The van der Waals surface area contributed by atoms with Crippen molar-refractivity contribution in [1.29, 1.82) is 5.26 Å². The van der Waals surface area contributed by atoms with E-state index < -0.39 is 6.03 Å². The Kier molecular flexibility index (Phi) is 4.42. The van der Waals surface area contributed by atoms with Crippen LogP contribution in [0, 0.1) is 11.3 Å². The molecule has 0 bridgehead atoms. The van der Waals surface area contributed by atoms with Crippen molar-refractivity contribution in [3.8, 4) is 6.07 Å². The summed E-state index contributed by atoms with van der Waals surface area (Å²) in [5.41, 5.74) is 7.54. The maximum Gasteiger partial charge on any atom is 0.321 e. The smallest absolute Gasteiger partial charge is 0.321 e. The number of hydrazine groups is 1. The van der Waals surface area contributed by atoms with Crippen LogP contribution in [0.25, 0.3) is 0 Å². The number of carbonyl (C=O) groups is 1. The highest BCUT2D eigenvalue weighted by molar-refractivity contribution is 5.88. The molecule has 1 aromatic carbocycles. The second kappa shape index (κ2) is 6.83. The number of hydrogen-bond acceptors (Lipinski definition) is 6. The molecule has 0 aliphatic carbocycles. The molecule has 0 saturated carbocycles. The fraction of sp³-hybridized carbons (Fsp3) is 0.200. The summed E-state index contributed by atoms with van der Waals surface area (Å²) < 4.78 is 0. The number of benzene rings is 1. The first-order valence-corrected chi connectivity index (χ1v) is 7.10. The summed E-state index contributed by atoms with van der Waals surface area (Å²) in [5.74, 6) is 0.284. The third-order valence-corrected chi connectivity index (χ3v) is 3.42. The zero-order valence-electron chi connectivity index (χ0n) is 12.2. The largest absolute Gasteiger partial charge is 0.321 e. The molecule has 4 N–H and O–H groups in total. The van der Waals surface area contributed by atoms with Crippen LogP contribution in [0.3, 0.4) is 0 Å². The summed E-state index contributed by atoms with van der Waals surface area (Å²) in [6.45, 7) is 0. The van der Waals surface area contributed by atoms with E-state index in [1.807, 2.05) is 36.4 Å². The second-order valence-electron chi connectivity index (χ2n) is 5.04. The van der Waals surface area contributed by atoms with Gasteiger partial charge in [0.25, 0.3) is 0 Å². The Morgan fingerprint density at radius 2 is 2.04 bits per heavy atom. The van der Waals surface area contributed by atoms with E-state index in [1.54, 1.807) is 0 Å². The maximum atomic E-state index is 11.9. The molecule has 0 radical (unpaired) electrons. The van der Waals surface area contributed by atoms with Gasteiger partial charge in [0, 0.05) is 12.5 Å². The van der Waals surface area contributed by atoms with Crippen LogP contribution in [0.1, 0.15) is 23.7 Å². The fourth-order valence-corrected chi connectivity index (χ4v) is 2.32. The molecule has 3 rings (SSSR count). The van der Waals surface area contributed by atoms with Gasteiger partial charge in [-0.05, 0) is 5.56 Å². The average Bonchev–Trinajstić information content (AvgIpc) is 3.04. The lowest BCUT2D eigenvalue weighted by Gasteiger charge is -2.12. The van der Waals surface area contributed by atoms with Gasteiger partial charge in [-0.25, -0.2) is 25.6 Å². The van der Waals surface area contributed by atoms with Crippen LogP contribution < -0.4 is 21.5 Å². The van der Waals surface area contributed by atoms with E-state index in [0.29, 0.717) is 0 Å². The third kappa shape index (κ3) is 3.79. The van der Waals surface area contributed by atoms with E-state index in [-0.39, 0.29) is 23.7 Å². The van der Waals surface area contributed by atoms with Gasteiger partial charge >= 0.3 is 6.03 Å². The minimum atomic E-state index is -0.392. The molecule has 2 amide bonds. The third-order valence-electron chi connectivity index (χ3n) is 3.42. The Morgan fingerprint density at radius 3 is 2.74 bits per heavy atom. The highest BCUT2D eigenvalue weighted by atomic mass is 16.2. The van der Waals surface area contributed by atoms with E-state index in [1.165, 1.54) is 12.4 Å². The number of nitrogens with one attached hydrogen (secondary N) is 4. The lowest BCUT2D eigenvalue weighted by atomic mass is 10.0. The van der Waals surface area contributed by atoms with Gasteiger partial charge < -0.3 is 5.32 Å². The molecule has 0 spiro atoms. The molecule has 2 heterocycles. The quantitative estimate of drug-likeness (QED) is 0.673. The molecular formula is C15H15N7O. The van der Waals surface area contributed by atoms with E-state index in [0.717, 1.165) is 12.0 Å². The van der Waals surface area contributed by atoms with Crippen LogP contribution in [0.5, 0.6) is 0 Å². The van der Waals surface area contributed by atoms with Crippen molar-refractivity contribution in [3.05, 3.63) is 54.0 Å². The van der Waals surface area contributed by atoms with Gasteiger partial charge in [0.15, 0.2) is 11.5 Å². The summed E-state index contributed by atoms with van der Waals surface area (Å²) in [7, 11) is 0. The number of aromatic nitrogens is 2. The average molecular weight is 309 g/mol. The van der Waals surface area contributed by atoms with Gasteiger partial charge in [-0.1, -0.05) is 30.3 Å². The molecule has 8 nitrogen and oxygen atoms in total. The molecule has 1 aliphatic heterocycles. The monoisotopic (exact) mass is 309 g/mol. The van der Waals surface area contributed by atoms with Crippen LogP contribution >= 0.6 is 0 Å². The minimum Gasteiger partial charge on any atom is -0.321 e. The summed E-state index contributed by atoms with van der Waals surface area (Å²) >= 11 is 0. The number of nitrogens with zero attached hydrogens (tertiary/aromatic N) is 3. The molecule has 8 heteroatoms. The Labute approximate surface area is 132 Å². The zero-order chi connectivity index (χ0) is 16.1. The Hall–Kier alpha value is -3.02. The van der Waals surface area contributed by atoms with Gasteiger partial charge in [-0.2, -0.15) is 5.26 Å². The first-order chi connectivity index (χ1) is 11.2. The number of amides is 2. The van der Waals surface area contributed by atoms with E-state index in [4.69, 9.17) is 5.26 Å². The van der Waals surface area contributed by atoms with Crippen molar-refractivity contribution in [2.75, 3.05) is 5.32 Å². The minimum absolute atomic E-state index is 0.135. The molecule has 1 saturated heterocycles. The molecule has 1 aromatic heterocycles. The van der Waals surface area contributed by atoms with Crippen LogP contribution in [0.4, 0.5) is 10.6 Å². The van der Waals surface area contributed by atoms with Crippen molar-refractivity contribution in [2.24, 2.45) is 0 Å². The van der Waals surface area contributed by atoms with Crippen LogP contribution in [-0.2, 0) is 0 Å². The van der Waals surface area contributed by atoms with Crippen molar-refractivity contribution >= 4 is 11.8 Å². The van der Waals surface area contributed by atoms with Crippen molar-refractivity contribution in [3.63, 3.8) is 0 Å². The predicted molar refractivity (Wildman–Crippen MR) is 82.8 cm³/mol. The van der Waals surface area contributed by atoms with Gasteiger partial charge in [0.05, 0.1) is 18.6 Å². The number of urea groups is 1. The number of anilines is 1. The van der Waals surface area contributed by atoms with Crippen LogP contribution in [-0.4, -0.2) is 22.2 Å². The maximum absolute atomic E-state index is 11.9. The first kappa shape index (κ1) is 14.9. The number of rotatable bonds is 3. The zero-order valence-corrected chi connectivity index (χ0v) is 12.2. The fourth-order valence-electron chi connectivity index (χ4n) is 2.32. The van der Waals surface area contributed by atoms with Gasteiger partial charge in [0.2, 0.25) is 0 Å². The van der Waals surface area contributed by atoms with Crippen molar-refractivity contribution in [1.82, 2.24) is 26.1 Å². The second-order valence-corrected chi connectivity index (χ2v) is 5.04. The summed E-state index contributed by atoms with van der Waals surface area (Å²) in [6, 6.07) is 11.6. The molecule has 2 aromatic rings. The lowest BCUT2D eigenvalue weighted by Crippen LogP contribution is -2.45. The predicted octanol–water partition coefficient (Wildman–Crippen LogP) is 1.04. The number of hydrogen-bond donors (Lipinski definition) is 4. The molecule has 1 fully saturated rings. The van der Waals surface area contributed by atoms with Crippen molar-refractivity contribution < 1.29 is 4.79 Å². The summed E-state index contributed by atoms with van der Waals surface area (Å²) in [5, 5.41) is 14.0. The lowest BCUT2D eigenvalue weighted by molar-refractivity contribution is 0.247. The number of nitriles is 1. The first-order valence-electron chi connectivity index (χ1n) is 7.10. The normalized spacial score (nSPS) is 19.8. The van der Waals surface area contributed by atoms with Gasteiger partial charge in [-0.3, -0.25) is 5.32 Å². The SMILES string of the molecule is N#Cc1cnc(NC(=O)NC2CC(c3ccccc3)NN2)cn1. The molecule has 2 unspecified atom stereocenters. The highest BCUT2D eigenvalue weighted by Crippen LogP contribution is 2.20. The van der Waals surface area contributed by atoms with E-state index >= 15 is 0 Å². The van der Waals surface area contributed by atoms with Crippen molar-refractivity contribution in [2.45, 2.75) is 18.6 Å². The highest BCUT2D eigenvalue weighted by Gasteiger charge is 2.25. The van der Waals surface area contributed by atoms with Gasteiger partial charge in [-0.15, -0.1) is 0 Å². The van der Waals surface area contributed by atoms with E-state index in [2.05, 4.69) is 31.5 Å². The Bertz CT molecular complexity index is 711. The molecule has 23 heavy (non-hydrogen) atoms. The molecule has 116 valence electrons. The van der Waals surface area contributed by atoms with Gasteiger partial charge in [0.1, 0.15) is 6.07 Å². The summed E-state index contributed by atoms with van der Waals surface area (Å²) in [4.78, 5) is 19.7.